The molecule has 0 saturated heterocycles. The van der Waals surface area contributed by atoms with Crippen molar-refractivity contribution in [3.63, 3.8) is 0 Å². The number of fused-ring (bicyclic) bond motifs is 1. The molecule has 3 aromatic rings. The highest BCUT2D eigenvalue weighted by Crippen LogP contribution is 2.35. The summed E-state index contributed by atoms with van der Waals surface area (Å²) in [5.74, 6) is -0.992. The lowest BCUT2D eigenvalue weighted by molar-refractivity contribution is -0.138. The Morgan fingerprint density at radius 3 is 2.32 bits per heavy atom. The smallest absolute Gasteiger partial charge is 0.416 e. The average molecular weight is 347 g/mol. The van der Waals surface area contributed by atoms with Gasteiger partial charge in [-0.25, -0.2) is 0 Å². The van der Waals surface area contributed by atoms with Gasteiger partial charge in [0.15, 0.2) is 0 Å². The molecule has 0 saturated carbocycles. The molecule has 0 aliphatic heterocycles. The number of halogens is 3. The Morgan fingerprint density at radius 1 is 1.12 bits per heavy atom. The summed E-state index contributed by atoms with van der Waals surface area (Å²) in [7, 11) is 0. The summed E-state index contributed by atoms with van der Waals surface area (Å²) in [4.78, 5) is 14.5. The van der Waals surface area contributed by atoms with Gasteiger partial charge in [-0.15, -0.1) is 0 Å². The molecule has 2 N–H and O–H groups in total. The molecule has 3 nitrogen and oxygen atoms in total. The van der Waals surface area contributed by atoms with Gasteiger partial charge in [-0.05, 0) is 48.7 Å². The van der Waals surface area contributed by atoms with Crippen molar-refractivity contribution in [2.24, 2.45) is 0 Å². The zero-order valence-corrected chi connectivity index (χ0v) is 13.7. The third-order valence-corrected chi connectivity index (χ3v) is 4.19. The molecule has 0 amide bonds. The number of carbonyl (C=O) groups is 1. The Morgan fingerprint density at radius 2 is 1.76 bits per heavy atom. The zero-order chi connectivity index (χ0) is 18.4. The van der Waals surface area contributed by atoms with E-state index in [1.807, 2.05) is 26.0 Å². The molecular formula is C19H16F3NO2. The van der Waals surface area contributed by atoms with Gasteiger partial charge < -0.3 is 10.1 Å². The molecular weight excluding hydrogens is 331 g/mol. The van der Waals surface area contributed by atoms with Crippen LogP contribution in [0.5, 0.6) is 0 Å². The molecule has 0 spiro atoms. The van der Waals surface area contributed by atoms with E-state index in [0.29, 0.717) is 16.8 Å². The van der Waals surface area contributed by atoms with Gasteiger partial charge in [0.2, 0.25) is 0 Å². The summed E-state index contributed by atoms with van der Waals surface area (Å²) in [6.07, 6.45) is -4.62. The van der Waals surface area contributed by atoms with Gasteiger partial charge in [0.25, 0.3) is 0 Å². The molecule has 1 heterocycles. The minimum atomic E-state index is -4.41. The van der Waals surface area contributed by atoms with Gasteiger partial charge in [-0.3, -0.25) is 4.79 Å². The number of alkyl halides is 3. The third-order valence-electron chi connectivity index (χ3n) is 4.19. The lowest BCUT2D eigenvalue weighted by Crippen LogP contribution is -2.04. The Kier molecular flexibility index (Phi) is 4.06. The normalized spacial score (nSPS) is 11.9. The van der Waals surface area contributed by atoms with Crippen LogP contribution in [0.3, 0.4) is 0 Å². The molecule has 3 rings (SSSR count). The Hall–Kier alpha value is -2.76. The van der Waals surface area contributed by atoms with E-state index < -0.39 is 17.7 Å². The first-order chi connectivity index (χ1) is 11.7. The van der Waals surface area contributed by atoms with Crippen molar-refractivity contribution in [3.8, 4) is 11.3 Å². The number of hydrogen-bond acceptors (Lipinski definition) is 1. The highest BCUT2D eigenvalue weighted by molar-refractivity contribution is 5.95. The number of aromatic amines is 1. The molecule has 25 heavy (non-hydrogen) atoms. The zero-order valence-electron chi connectivity index (χ0n) is 13.7. The molecule has 0 aliphatic carbocycles. The summed E-state index contributed by atoms with van der Waals surface area (Å²) >= 11 is 0. The number of benzene rings is 2. The van der Waals surface area contributed by atoms with Crippen molar-refractivity contribution in [2.75, 3.05) is 0 Å². The van der Waals surface area contributed by atoms with Gasteiger partial charge in [0.05, 0.1) is 17.7 Å². The molecule has 0 radical (unpaired) electrons. The Balaban J connectivity index is 2.21. The van der Waals surface area contributed by atoms with Crippen molar-refractivity contribution >= 4 is 16.9 Å². The molecule has 0 atom stereocenters. The molecule has 130 valence electrons. The van der Waals surface area contributed by atoms with Crippen LogP contribution >= 0.6 is 0 Å². The summed E-state index contributed by atoms with van der Waals surface area (Å²) < 4.78 is 38.3. The van der Waals surface area contributed by atoms with Crippen molar-refractivity contribution < 1.29 is 23.1 Å². The SMILES string of the molecule is Cc1cc(C)c2[nH]c(-c3ccc(C(F)(F)F)cc3)c(CC(=O)O)c2c1. The highest BCUT2D eigenvalue weighted by Gasteiger charge is 2.30. The van der Waals surface area contributed by atoms with E-state index in [0.717, 1.165) is 34.2 Å². The van der Waals surface area contributed by atoms with Gasteiger partial charge in [0, 0.05) is 10.9 Å². The number of aryl methyl sites for hydroxylation is 2. The molecule has 0 unspecified atom stereocenters. The maximum absolute atomic E-state index is 12.8. The molecule has 0 fully saturated rings. The van der Waals surface area contributed by atoms with Gasteiger partial charge in [0.1, 0.15) is 0 Å². The highest BCUT2D eigenvalue weighted by atomic mass is 19.4. The van der Waals surface area contributed by atoms with Crippen LogP contribution in [0.15, 0.2) is 36.4 Å². The van der Waals surface area contributed by atoms with Crippen molar-refractivity contribution in [2.45, 2.75) is 26.4 Å². The second-order valence-corrected chi connectivity index (χ2v) is 6.13. The predicted molar refractivity (Wildman–Crippen MR) is 89.6 cm³/mol. The summed E-state index contributed by atoms with van der Waals surface area (Å²) in [5, 5.41) is 10.0. The quantitative estimate of drug-likeness (QED) is 0.693. The van der Waals surface area contributed by atoms with Crippen LogP contribution in [0.4, 0.5) is 13.2 Å². The molecule has 0 aliphatic rings. The van der Waals surface area contributed by atoms with E-state index in [9.17, 15) is 23.1 Å². The van der Waals surface area contributed by atoms with E-state index >= 15 is 0 Å². The fourth-order valence-electron chi connectivity index (χ4n) is 3.11. The van der Waals surface area contributed by atoms with Crippen molar-refractivity contribution in [1.29, 1.82) is 0 Å². The number of aromatic nitrogens is 1. The standard InChI is InChI=1S/C19H16F3NO2/c1-10-7-11(2)17-14(8-10)15(9-16(24)25)18(23-17)12-3-5-13(6-4-12)19(20,21)22/h3-8,23H,9H2,1-2H3,(H,24,25). The van der Waals surface area contributed by atoms with E-state index in [4.69, 9.17) is 0 Å². The number of hydrogen-bond donors (Lipinski definition) is 2. The first kappa shape index (κ1) is 17.1. The average Bonchev–Trinajstić information content (AvgIpc) is 2.85. The summed E-state index contributed by atoms with van der Waals surface area (Å²) in [5.41, 5.74) is 3.66. The molecule has 1 aromatic heterocycles. The number of carboxylic acids is 1. The summed E-state index contributed by atoms with van der Waals surface area (Å²) in [6.45, 7) is 3.83. The van der Waals surface area contributed by atoms with E-state index in [-0.39, 0.29) is 6.42 Å². The second-order valence-electron chi connectivity index (χ2n) is 6.13. The maximum Gasteiger partial charge on any atom is 0.416 e. The van der Waals surface area contributed by atoms with Gasteiger partial charge in [-0.2, -0.15) is 13.2 Å². The number of rotatable bonds is 3. The van der Waals surface area contributed by atoms with Crippen molar-refractivity contribution in [3.05, 3.63) is 58.7 Å². The number of carboxylic acid groups (broad SMARTS) is 1. The first-order valence-electron chi connectivity index (χ1n) is 7.68. The minimum Gasteiger partial charge on any atom is -0.481 e. The number of H-pyrrole nitrogens is 1. The Labute approximate surface area is 142 Å². The monoisotopic (exact) mass is 347 g/mol. The van der Waals surface area contributed by atoms with Crippen LogP contribution in [0.1, 0.15) is 22.3 Å². The van der Waals surface area contributed by atoms with Crippen LogP contribution in [0.25, 0.3) is 22.2 Å². The minimum absolute atomic E-state index is 0.209. The largest absolute Gasteiger partial charge is 0.481 e. The first-order valence-corrected chi connectivity index (χ1v) is 7.68. The number of nitrogens with one attached hydrogen (secondary N) is 1. The molecule has 6 heteroatoms. The van der Waals surface area contributed by atoms with E-state index in [2.05, 4.69) is 4.98 Å². The lowest BCUT2D eigenvalue weighted by Gasteiger charge is -2.08. The molecule has 0 bridgehead atoms. The Bertz CT molecular complexity index is 953. The van der Waals surface area contributed by atoms with Crippen LogP contribution in [-0.4, -0.2) is 16.1 Å². The second kappa shape index (κ2) is 5.95. The number of aliphatic carboxylic acids is 1. The van der Waals surface area contributed by atoms with Crippen LogP contribution in [0.2, 0.25) is 0 Å². The fourth-order valence-corrected chi connectivity index (χ4v) is 3.11. The van der Waals surface area contributed by atoms with E-state index in [1.165, 1.54) is 12.1 Å². The van der Waals surface area contributed by atoms with E-state index in [1.54, 1.807) is 0 Å². The molecule has 2 aromatic carbocycles. The predicted octanol–water partition coefficient (Wildman–Crippen LogP) is 5.10. The fraction of sp³-hybridized carbons (Fsp3) is 0.211. The van der Waals surface area contributed by atoms with Gasteiger partial charge >= 0.3 is 12.1 Å². The third kappa shape index (κ3) is 3.24. The van der Waals surface area contributed by atoms with Crippen LogP contribution in [-0.2, 0) is 17.4 Å². The van der Waals surface area contributed by atoms with Crippen LogP contribution < -0.4 is 0 Å². The topological polar surface area (TPSA) is 53.1 Å². The van der Waals surface area contributed by atoms with Crippen molar-refractivity contribution in [1.82, 2.24) is 4.98 Å². The van der Waals surface area contributed by atoms with Gasteiger partial charge in [-0.1, -0.05) is 23.8 Å². The summed E-state index contributed by atoms with van der Waals surface area (Å²) in [6, 6.07) is 8.60. The van der Waals surface area contributed by atoms with Crippen LogP contribution in [0, 0.1) is 13.8 Å². The lowest BCUT2D eigenvalue weighted by atomic mass is 9.99. The maximum atomic E-state index is 12.8.